The summed E-state index contributed by atoms with van der Waals surface area (Å²) in [6.07, 6.45) is 0. The molecule has 1 atom stereocenters. The molecule has 0 radical (unpaired) electrons. The second kappa shape index (κ2) is 5.75. The Bertz CT molecular complexity index is 365. The molecule has 0 spiro atoms. The largest absolute Gasteiger partial charge is 0.352 e. The molecule has 0 heterocycles. The van der Waals surface area contributed by atoms with E-state index in [2.05, 4.69) is 10.6 Å². The van der Waals surface area contributed by atoms with Crippen LogP contribution in [0.2, 0.25) is 0 Å². The Kier molecular flexibility index (Phi) is 4.32. The molecule has 0 aliphatic rings. The fourth-order valence-corrected chi connectivity index (χ4v) is 1.22. The number of primary amides is 1. The number of nitrogens with two attached hydrogens (primary N) is 1. The molecule has 86 valence electrons. The van der Waals surface area contributed by atoms with Crippen molar-refractivity contribution < 1.29 is 9.59 Å². The lowest BCUT2D eigenvalue weighted by Crippen LogP contribution is -2.46. The van der Waals surface area contributed by atoms with E-state index in [1.54, 1.807) is 6.92 Å². The van der Waals surface area contributed by atoms with E-state index < -0.39 is 12.1 Å². The van der Waals surface area contributed by atoms with Crippen LogP contribution in [0.1, 0.15) is 12.5 Å². The van der Waals surface area contributed by atoms with Gasteiger partial charge in [0.05, 0.1) is 0 Å². The van der Waals surface area contributed by atoms with Gasteiger partial charge in [0.1, 0.15) is 6.04 Å². The zero-order valence-electron chi connectivity index (χ0n) is 9.07. The molecule has 0 fully saturated rings. The molecule has 0 saturated carbocycles. The fourth-order valence-electron chi connectivity index (χ4n) is 1.22. The molecule has 3 amide bonds. The number of benzene rings is 1. The molecule has 0 bridgehead atoms. The van der Waals surface area contributed by atoms with E-state index >= 15 is 0 Å². The Labute approximate surface area is 94.0 Å². The van der Waals surface area contributed by atoms with Crippen molar-refractivity contribution >= 4 is 11.9 Å². The molecule has 1 unspecified atom stereocenters. The van der Waals surface area contributed by atoms with Crippen molar-refractivity contribution in [3.63, 3.8) is 0 Å². The van der Waals surface area contributed by atoms with Crippen LogP contribution in [-0.4, -0.2) is 18.0 Å². The smallest absolute Gasteiger partial charge is 0.312 e. The second-order valence-corrected chi connectivity index (χ2v) is 3.43. The van der Waals surface area contributed by atoms with Gasteiger partial charge in [-0.3, -0.25) is 4.79 Å². The SMILES string of the molecule is CC(NC(N)=O)C(=O)NCc1ccccc1. The van der Waals surface area contributed by atoms with Crippen molar-refractivity contribution in [3.8, 4) is 0 Å². The average molecular weight is 221 g/mol. The molecule has 5 nitrogen and oxygen atoms in total. The second-order valence-electron chi connectivity index (χ2n) is 3.43. The van der Waals surface area contributed by atoms with Crippen LogP contribution in [0, 0.1) is 0 Å². The lowest BCUT2D eigenvalue weighted by molar-refractivity contribution is -0.122. The maximum absolute atomic E-state index is 11.5. The molecule has 4 N–H and O–H groups in total. The highest BCUT2D eigenvalue weighted by Gasteiger charge is 2.12. The molecular formula is C11H15N3O2. The summed E-state index contributed by atoms with van der Waals surface area (Å²) in [7, 11) is 0. The van der Waals surface area contributed by atoms with Crippen LogP contribution in [0.5, 0.6) is 0 Å². The molecule has 0 aliphatic carbocycles. The minimum absolute atomic E-state index is 0.261. The summed E-state index contributed by atoms with van der Waals surface area (Å²) in [5, 5.41) is 5.00. The molecule has 0 saturated heterocycles. The first-order chi connectivity index (χ1) is 7.59. The van der Waals surface area contributed by atoms with Crippen molar-refractivity contribution in [2.45, 2.75) is 19.5 Å². The average Bonchev–Trinajstić information content (AvgIpc) is 2.26. The molecular weight excluding hydrogens is 206 g/mol. The maximum Gasteiger partial charge on any atom is 0.312 e. The van der Waals surface area contributed by atoms with E-state index in [9.17, 15) is 9.59 Å². The van der Waals surface area contributed by atoms with Crippen molar-refractivity contribution in [2.24, 2.45) is 5.73 Å². The van der Waals surface area contributed by atoms with Crippen molar-refractivity contribution in [3.05, 3.63) is 35.9 Å². The highest BCUT2D eigenvalue weighted by atomic mass is 16.2. The van der Waals surface area contributed by atoms with E-state index in [1.165, 1.54) is 0 Å². The van der Waals surface area contributed by atoms with Gasteiger partial charge in [0.25, 0.3) is 0 Å². The van der Waals surface area contributed by atoms with Gasteiger partial charge in [-0.05, 0) is 12.5 Å². The normalized spacial score (nSPS) is 11.6. The maximum atomic E-state index is 11.5. The zero-order valence-corrected chi connectivity index (χ0v) is 9.07. The van der Waals surface area contributed by atoms with Gasteiger partial charge in [0.2, 0.25) is 5.91 Å². The number of amides is 3. The standard InChI is InChI=1S/C11H15N3O2/c1-8(14-11(12)16)10(15)13-7-9-5-3-2-4-6-9/h2-6,8H,7H2,1H3,(H,13,15)(H3,12,14,16). The first-order valence-corrected chi connectivity index (χ1v) is 4.97. The summed E-state index contributed by atoms with van der Waals surface area (Å²) in [4.78, 5) is 22.0. The highest BCUT2D eigenvalue weighted by Crippen LogP contribution is 1.97. The quantitative estimate of drug-likeness (QED) is 0.685. The van der Waals surface area contributed by atoms with E-state index in [0.29, 0.717) is 6.54 Å². The van der Waals surface area contributed by atoms with Gasteiger partial charge < -0.3 is 16.4 Å². The number of urea groups is 1. The van der Waals surface area contributed by atoms with Gasteiger partial charge in [-0.1, -0.05) is 30.3 Å². The number of carbonyl (C=O) groups excluding carboxylic acids is 2. The monoisotopic (exact) mass is 221 g/mol. The number of rotatable bonds is 4. The Balaban J connectivity index is 2.38. The van der Waals surface area contributed by atoms with Crippen LogP contribution in [0.25, 0.3) is 0 Å². The first-order valence-electron chi connectivity index (χ1n) is 4.97. The Morgan fingerprint density at radius 1 is 1.31 bits per heavy atom. The topological polar surface area (TPSA) is 84.2 Å². The van der Waals surface area contributed by atoms with E-state index in [1.807, 2.05) is 30.3 Å². The van der Waals surface area contributed by atoms with Gasteiger partial charge in [-0.25, -0.2) is 4.79 Å². The molecule has 5 heteroatoms. The molecule has 16 heavy (non-hydrogen) atoms. The molecule has 1 aromatic carbocycles. The van der Waals surface area contributed by atoms with Gasteiger partial charge in [0, 0.05) is 6.54 Å². The van der Waals surface area contributed by atoms with Crippen molar-refractivity contribution in [1.82, 2.24) is 10.6 Å². The molecule has 0 aliphatic heterocycles. The lowest BCUT2D eigenvalue weighted by Gasteiger charge is -2.12. The van der Waals surface area contributed by atoms with Crippen LogP contribution in [0.4, 0.5) is 4.79 Å². The van der Waals surface area contributed by atoms with Gasteiger partial charge in [-0.2, -0.15) is 0 Å². The van der Waals surface area contributed by atoms with E-state index in [-0.39, 0.29) is 5.91 Å². The third kappa shape index (κ3) is 4.00. The highest BCUT2D eigenvalue weighted by molar-refractivity contribution is 5.86. The minimum atomic E-state index is -0.706. The van der Waals surface area contributed by atoms with Gasteiger partial charge in [-0.15, -0.1) is 0 Å². The minimum Gasteiger partial charge on any atom is -0.352 e. The number of nitrogens with one attached hydrogen (secondary N) is 2. The van der Waals surface area contributed by atoms with Crippen LogP contribution < -0.4 is 16.4 Å². The zero-order chi connectivity index (χ0) is 12.0. The number of hydrogen-bond donors (Lipinski definition) is 3. The molecule has 0 aromatic heterocycles. The van der Waals surface area contributed by atoms with Crippen LogP contribution in [-0.2, 0) is 11.3 Å². The number of carbonyl (C=O) groups is 2. The van der Waals surface area contributed by atoms with Gasteiger partial charge in [0.15, 0.2) is 0 Å². The predicted octanol–water partition coefficient (Wildman–Crippen LogP) is 0.360. The summed E-state index contributed by atoms with van der Waals surface area (Å²) in [6.45, 7) is 2.01. The van der Waals surface area contributed by atoms with Gasteiger partial charge >= 0.3 is 6.03 Å². The first kappa shape index (κ1) is 12.0. The summed E-state index contributed by atoms with van der Waals surface area (Å²) in [5.41, 5.74) is 5.91. The van der Waals surface area contributed by atoms with Crippen molar-refractivity contribution in [1.29, 1.82) is 0 Å². The third-order valence-corrected chi connectivity index (χ3v) is 2.06. The van der Waals surface area contributed by atoms with E-state index in [0.717, 1.165) is 5.56 Å². The Hall–Kier alpha value is -2.04. The summed E-state index contributed by atoms with van der Waals surface area (Å²) in [5.74, 6) is -0.261. The molecule has 1 rings (SSSR count). The lowest BCUT2D eigenvalue weighted by atomic mass is 10.2. The van der Waals surface area contributed by atoms with Crippen LogP contribution in [0.15, 0.2) is 30.3 Å². The number of hydrogen-bond acceptors (Lipinski definition) is 2. The fraction of sp³-hybridized carbons (Fsp3) is 0.273. The summed E-state index contributed by atoms with van der Waals surface area (Å²) in [6, 6.07) is 8.18. The summed E-state index contributed by atoms with van der Waals surface area (Å²) >= 11 is 0. The Morgan fingerprint density at radius 3 is 2.50 bits per heavy atom. The van der Waals surface area contributed by atoms with Crippen LogP contribution in [0.3, 0.4) is 0 Å². The van der Waals surface area contributed by atoms with Crippen molar-refractivity contribution in [2.75, 3.05) is 0 Å². The molecule has 1 aromatic rings. The predicted molar refractivity (Wildman–Crippen MR) is 60.5 cm³/mol. The third-order valence-electron chi connectivity index (χ3n) is 2.06. The Morgan fingerprint density at radius 2 is 1.94 bits per heavy atom. The van der Waals surface area contributed by atoms with Crippen LogP contribution >= 0.6 is 0 Å². The summed E-state index contributed by atoms with van der Waals surface area (Å²) < 4.78 is 0. The van der Waals surface area contributed by atoms with E-state index in [4.69, 9.17) is 5.73 Å².